The fourth-order valence-corrected chi connectivity index (χ4v) is 2.96. The molecule has 2 N–H and O–H groups in total. The zero-order chi connectivity index (χ0) is 18.8. The van der Waals surface area contributed by atoms with Crippen LogP contribution in [0, 0.1) is 0 Å². The molecular formula is C20H35IN4O2. The van der Waals surface area contributed by atoms with Crippen molar-refractivity contribution in [2.75, 3.05) is 46.5 Å². The first-order chi connectivity index (χ1) is 12.5. The number of rotatable bonds is 8. The third-order valence-corrected chi connectivity index (χ3v) is 4.73. The maximum absolute atomic E-state index is 5.45. The molecule has 154 valence electrons. The quantitative estimate of drug-likeness (QED) is 0.334. The van der Waals surface area contributed by atoms with Crippen LogP contribution in [0.3, 0.4) is 0 Å². The fourth-order valence-electron chi connectivity index (χ4n) is 2.96. The highest BCUT2D eigenvalue weighted by Gasteiger charge is 2.28. The summed E-state index contributed by atoms with van der Waals surface area (Å²) >= 11 is 0. The lowest BCUT2D eigenvalue weighted by molar-refractivity contribution is -0.00834. The maximum Gasteiger partial charge on any atom is 0.191 e. The van der Waals surface area contributed by atoms with E-state index in [0.29, 0.717) is 6.61 Å². The molecule has 1 heterocycles. The van der Waals surface area contributed by atoms with E-state index < -0.39 is 0 Å². The average molecular weight is 490 g/mol. The highest BCUT2D eigenvalue weighted by Crippen LogP contribution is 2.15. The number of morpholine rings is 1. The molecule has 0 radical (unpaired) electrons. The predicted octanol–water partition coefficient (Wildman–Crippen LogP) is 2.62. The SMILES string of the molecule is CCOCc1ccc(CNC(=NC)NCC(C)(C)N2CCOCC2)cc1.I. The van der Waals surface area contributed by atoms with Crippen molar-refractivity contribution in [3.63, 3.8) is 0 Å². The predicted molar refractivity (Wildman–Crippen MR) is 122 cm³/mol. The molecule has 1 saturated heterocycles. The standard InChI is InChI=1S/C20H34N4O2.HI/c1-5-25-15-18-8-6-17(7-9-18)14-22-19(21-4)23-16-20(2,3)24-10-12-26-13-11-24;/h6-9H,5,10-16H2,1-4H3,(H2,21,22,23);1H. The van der Waals surface area contributed by atoms with Gasteiger partial charge in [-0.2, -0.15) is 0 Å². The molecular weight excluding hydrogens is 455 g/mol. The molecule has 1 aliphatic heterocycles. The first-order valence-corrected chi connectivity index (χ1v) is 9.48. The van der Waals surface area contributed by atoms with Crippen LogP contribution in [-0.4, -0.2) is 62.9 Å². The monoisotopic (exact) mass is 490 g/mol. The van der Waals surface area contributed by atoms with Crippen molar-refractivity contribution in [2.45, 2.75) is 39.5 Å². The van der Waals surface area contributed by atoms with Gasteiger partial charge < -0.3 is 20.1 Å². The Hall–Kier alpha value is -0.900. The molecule has 0 saturated carbocycles. The molecule has 1 fully saturated rings. The van der Waals surface area contributed by atoms with Crippen LogP contribution in [0.4, 0.5) is 0 Å². The van der Waals surface area contributed by atoms with E-state index in [4.69, 9.17) is 9.47 Å². The molecule has 2 rings (SSSR count). The van der Waals surface area contributed by atoms with Crippen molar-refractivity contribution in [1.82, 2.24) is 15.5 Å². The van der Waals surface area contributed by atoms with Gasteiger partial charge in [0.2, 0.25) is 0 Å². The van der Waals surface area contributed by atoms with E-state index in [9.17, 15) is 0 Å². The van der Waals surface area contributed by atoms with Crippen LogP contribution in [-0.2, 0) is 22.6 Å². The normalized spacial score (nSPS) is 15.9. The summed E-state index contributed by atoms with van der Waals surface area (Å²) in [6.45, 7) is 13.1. The summed E-state index contributed by atoms with van der Waals surface area (Å²) in [6.07, 6.45) is 0. The molecule has 0 aliphatic carbocycles. The van der Waals surface area contributed by atoms with Gasteiger partial charge in [0.05, 0.1) is 19.8 Å². The van der Waals surface area contributed by atoms with Crippen molar-refractivity contribution < 1.29 is 9.47 Å². The van der Waals surface area contributed by atoms with Gasteiger partial charge in [0.15, 0.2) is 5.96 Å². The lowest BCUT2D eigenvalue weighted by Crippen LogP contribution is -2.56. The second-order valence-corrected chi connectivity index (χ2v) is 7.14. The molecule has 0 atom stereocenters. The van der Waals surface area contributed by atoms with Gasteiger partial charge in [-0.1, -0.05) is 24.3 Å². The molecule has 0 spiro atoms. The van der Waals surface area contributed by atoms with Crippen LogP contribution in [0.5, 0.6) is 0 Å². The third kappa shape index (κ3) is 8.33. The highest BCUT2D eigenvalue weighted by molar-refractivity contribution is 14.0. The Kier molecular flexibility index (Phi) is 11.2. The second kappa shape index (κ2) is 12.5. The number of hydrogen-bond donors (Lipinski definition) is 2. The van der Waals surface area contributed by atoms with Gasteiger partial charge in [-0.05, 0) is 31.9 Å². The number of aliphatic imine (C=N–C) groups is 1. The zero-order valence-corrected chi connectivity index (χ0v) is 19.4. The van der Waals surface area contributed by atoms with Crippen LogP contribution in [0.25, 0.3) is 0 Å². The molecule has 0 aromatic heterocycles. The van der Waals surface area contributed by atoms with E-state index in [1.165, 1.54) is 11.1 Å². The number of hydrogen-bond acceptors (Lipinski definition) is 4. The van der Waals surface area contributed by atoms with Gasteiger partial charge in [0.25, 0.3) is 0 Å². The Balaban J connectivity index is 0.00000364. The van der Waals surface area contributed by atoms with Crippen molar-refractivity contribution in [1.29, 1.82) is 0 Å². The lowest BCUT2D eigenvalue weighted by Gasteiger charge is -2.41. The van der Waals surface area contributed by atoms with Gasteiger partial charge in [-0.3, -0.25) is 9.89 Å². The topological polar surface area (TPSA) is 58.1 Å². The lowest BCUT2D eigenvalue weighted by atomic mass is 10.0. The Morgan fingerprint density at radius 1 is 1.15 bits per heavy atom. The molecule has 1 aromatic rings. The van der Waals surface area contributed by atoms with Crippen molar-refractivity contribution in [3.05, 3.63) is 35.4 Å². The van der Waals surface area contributed by atoms with Gasteiger partial charge in [0.1, 0.15) is 0 Å². The van der Waals surface area contributed by atoms with Crippen LogP contribution in [0.2, 0.25) is 0 Å². The van der Waals surface area contributed by atoms with Crippen molar-refractivity contribution >= 4 is 29.9 Å². The van der Waals surface area contributed by atoms with E-state index in [2.05, 4.69) is 58.6 Å². The van der Waals surface area contributed by atoms with Gasteiger partial charge in [-0.25, -0.2) is 0 Å². The third-order valence-electron chi connectivity index (χ3n) is 4.73. The van der Waals surface area contributed by atoms with Crippen LogP contribution < -0.4 is 10.6 Å². The number of nitrogens with zero attached hydrogens (tertiary/aromatic N) is 2. The van der Waals surface area contributed by atoms with Gasteiger partial charge >= 0.3 is 0 Å². The summed E-state index contributed by atoms with van der Waals surface area (Å²) in [7, 11) is 1.81. The van der Waals surface area contributed by atoms with Crippen LogP contribution >= 0.6 is 24.0 Å². The number of ether oxygens (including phenoxy) is 2. The van der Waals surface area contributed by atoms with E-state index in [-0.39, 0.29) is 29.5 Å². The summed E-state index contributed by atoms with van der Waals surface area (Å²) in [5, 5.41) is 6.84. The first-order valence-electron chi connectivity index (χ1n) is 9.48. The maximum atomic E-state index is 5.45. The minimum absolute atomic E-state index is 0. The molecule has 0 amide bonds. The molecule has 7 heteroatoms. The molecule has 0 unspecified atom stereocenters. The Morgan fingerprint density at radius 3 is 2.37 bits per heavy atom. The summed E-state index contributed by atoms with van der Waals surface area (Å²) in [4.78, 5) is 6.81. The van der Waals surface area contributed by atoms with Crippen molar-refractivity contribution in [3.8, 4) is 0 Å². The average Bonchev–Trinajstić information content (AvgIpc) is 2.68. The molecule has 1 aromatic carbocycles. The Labute approximate surface area is 181 Å². The first kappa shape index (κ1) is 24.1. The minimum Gasteiger partial charge on any atom is -0.379 e. The van der Waals surface area contributed by atoms with Gasteiger partial charge in [-0.15, -0.1) is 24.0 Å². The van der Waals surface area contributed by atoms with E-state index in [1.54, 1.807) is 0 Å². The number of benzene rings is 1. The van der Waals surface area contributed by atoms with E-state index in [0.717, 1.165) is 52.0 Å². The molecule has 1 aliphatic rings. The fraction of sp³-hybridized carbons (Fsp3) is 0.650. The number of nitrogens with one attached hydrogen (secondary N) is 2. The Bertz CT molecular complexity index is 558. The largest absolute Gasteiger partial charge is 0.379 e. The smallest absolute Gasteiger partial charge is 0.191 e. The summed E-state index contributed by atoms with van der Waals surface area (Å²) in [6, 6.07) is 8.49. The second-order valence-electron chi connectivity index (χ2n) is 7.14. The highest BCUT2D eigenvalue weighted by atomic mass is 127. The van der Waals surface area contributed by atoms with E-state index >= 15 is 0 Å². The number of guanidine groups is 1. The molecule has 27 heavy (non-hydrogen) atoms. The van der Waals surface area contributed by atoms with Crippen LogP contribution in [0.1, 0.15) is 31.9 Å². The molecule has 6 nitrogen and oxygen atoms in total. The van der Waals surface area contributed by atoms with E-state index in [1.807, 2.05) is 14.0 Å². The molecule has 0 bridgehead atoms. The summed E-state index contributed by atoms with van der Waals surface area (Å²) in [5.74, 6) is 0.824. The van der Waals surface area contributed by atoms with Gasteiger partial charge in [0, 0.05) is 45.4 Å². The number of halogens is 1. The summed E-state index contributed by atoms with van der Waals surface area (Å²) < 4.78 is 10.9. The Morgan fingerprint density at radius 2 is 1.78 bits per heavy atom. The minimum atomic E-state index is 0. The van der Waals surface area contributed by atoms with Crippen molar-refractivity contribution in [2.24, 2.45) is 4.99 Å². The summed E-state index contributed by atoms with van der Waals surface area (Å²) in [5.41, 5.74) is 2.48. The van der Waals surface area contributed by atoms with Crippen LogP contribution in [0.15, 0.2) is 29.3 Å². The zero-order valence-electron chi connectivity index (χ0n) is 17.1.